The minimum absolute atomic E-state index is 0.0202. The molecule has 0 rings (SSSR count). The van der Waals surface area contributed by atoms with Gasteiger partial charge in [-0.3, -0.25) is 14.4 Å². The van der Waals surface area contributed by atoms with Crippen molar-refractivity contribution in [2.75, 3.05) is 24.4 Å². The van der Waals surface area contributed by atoms with Crippen LogP contribution in [0.2, 0.25) is 0 Å². The summed E-state index contributed by atoms with van der Waals surface area (Å²) >= 11 is 5.50. The standard InChI is InChI=1S/C16H30N4O6S2/c1-8(2)12(17)15(24)20-11(7-27)14(23)18-9(4-5-28-3)13(22)19-10(6-21)16(25)26/h8-12,21,27H,4-7,17H2,1-3H3,(H,18,23)(H,19,22)(H,20,24)(H,25,26)/t9-,10-,11-,12-/m0/s1. The maximum Gasteiger partial charge on any atom is 0.328 e. The number of thioether (sulfide) groups is 1. The first-order valence-corrected chi connectivity index (χ1v) is 10.7. The lowest BCUT2D eigenvalue weighted by molar-refractivity contribution is -0.143. The van der Waals surface area contributed by atoms with Crippen molar-refractivity contribution in [2.45, 2.75) is 44.4 Å². The molecule has 0 aliphatic carbocycles. The Morgan fingerprint density at radius 3 is 1.93 bits per heavy atom. The van der Waals surface area contributed by atoms with Crippen molar-refractivity contribution >= 4 is 48.1 Å². The topological polar surface area (TPSA) is 171 Å². The van der Waals surface area contributed by atoms with Crippen LogP contribution in [-0.2, 0) is 19.2 Å². The van der Waals surface area contributed by atoms with Gasteiger partial charge in [0.1, 0.15) is 18.1 Å². The fourth-order valence-electron chi connectivity index (χ4n) is 2.00. The van der Waals surface area contributed by atoms with Crippen molar-refractivity contribution in [3.63, 3.8) is 0 Å². The van der Waals surface area contributed by atoms with E-state index in [0.29, 0.717) is 5.75 Å². The van der Waals surface area contributed by atoms with Crippen molar-refractivity contribution in [2.24, 2.45) is 11.7 Å². The summed E-state index contributed by atoms with van der Waals surface area (Å²) in [6, 6.07) is -4.33. The Morgan fingerprint density at radius 1 is 1.00 bits per heavy atom. The summed E-state index contributed by atoms with van der Waals surface area (Å²) in [6.45, 7) is 2.75. The third-order valence-electron chi connectivity index (χ3n) is 3.88. The van der Waals surface area contributed by atoms with Crippen LogP contribution in [0.15, 0.2) is 0 Å². The lowest BCUT2D eigenvalue weighted by atomic mass is 10.0. The van der Waals surface area contributed by atoms with Crippen LogP contribution in [0, 0.1) is 5.92 Å². The molecule has 0 fully saturated rings. The Labute approximate surface area is 174 Å². The molecular formula is C16H30N4O6S2. The minimum atomic E-state index is -1.48. The Kier molecular flexibility index (Phi) is 12.9. The van der Waals surface area contributed by atoms with E-state index in [1.807, 2.05) is 6.26 Å². The van der Waals surface area contributed by atoms with Crippen molar-refractivity contribution in [1.29, 1.82) is 0 Å². The van der Waals surface area contributed by atoms with Crippen LogP contribution in [0.25, 0.3) is 0 Å². The van der Waals surface area contributed by atoms with Gasteiger partial charge < -0.3 is 31.9 Å². The van der Waals surface area contributed by atoms with Gasteiger partial charge in [-0.25, -0.2) is 4.79 Å². The van der Waals surface area contributed by atoms with Crippen LogP contribution in [-0.4, -0.2) is 82.4 Å². The quantitative estimate of drug-likeness (QED) is 0.165. The molecule has 0 aromatic rings. The molecule has 10 nitrogen and oxygen atoms in total. The number of nitrogens with two attached hydrogens (primary N) is 1. The van der Waals surface area contributed by atoms with Crippen LogP contribution in [0.4, 0.5) is 0 Å². The van der Waals surface area contributed by atoms with Gasteiger partial charge in [0.05, 0.1) is 12.6 Å². The summed E-state index contributed by atoms with van der Waals surface area (Å²) < 4.78 is 0. The normalized spacial score (nSPS) is 15.2. The van der Waals surface area contributed by atoms with Crippen LogP contribution in [0.3, 0.4) is 0 Å². The van der Waals surface area contributed by atoms with Gasteiger partial charge in [-0.05, 0) is 24.3 Å². The van der Waals surface area contributed by atoms with E-state index in [9.17, 15) is 19.2 Å². The van der Waals surface area contributed by atoms with E-state index in [2.05, 4.69) is 28.6 Å². The van der Waals surface area contributed by atoms with Gasteiger partial charge >= 0.3 is 5.97 Å². The second-order valence-corrected chi connectivity index (χ2v) is 7.79. The van der Waals surface area contributed by atoms with E-state index in [-0.39, 0.29) is 18.1 Å². The fraction of sp³-hybridized carbons (Fsp3) is 0.750. The first kappa shape index (κ1) is 26.5. The summed E-state index contributed by atoms with van der Waals surface area (Å²) in [7, 11) is 0. The molecule has 0 saturated carbocycles. The average molecular weight is 439 g/mol. The zero-order chi connectivity index (χ0) is 21.9. The number of aliphatic hydroxyl groups excluding tert-OH is 1. The summed E-state index contributed by atoms with van der Waals surface area (Å²) in [6.07, 6.45) is 2.05. The molecule has 4 atom stereocenters. The van der Waals surface area contributed by atoms with Crippen LogP contribution < -0.4 is 21.7 Å². The van der Waals surface area contributed by atoms with Gasteiger partial charge in [-0.1, -0.05) is 13.8 Å². The molecule has 3 amide bonds. The number of hydrogen-bond donors (Lipinski definition) is 7. The fourth-order valence-corrected chi connectivity index (χ4v) is 2.73. The number of thiol groups is 1. The number of amides is 3. The number of nitrogens with one attached hydrogen (secondary N) is 3. The maximum absolute atomic E-state index is 12.5. The van der Waals surface area contributed by atoms with Gasteiger partial charge in [0, 0.05) is 5.75 Å². The highest BCUT2D eigenvalue weighted by Crippen LogP contribution is 2.04. The molecule has 162 valence electrons. The SMILES string of the molecule is CSCC[C@H](NC(=O)[C@H](CS)NC(=O)[C@@H](N)C(C)C)C(=O)N[C@@H](CO)C(=O)O. The highest BCUT2D eigenvalue weighted by Gasteiger charge is 2.29. The first-order valence-electron chi connectivity index (χ1n) is 8.69. The largest absolute Gasteiger partial charge is 0.480 e. The molecule has 0 aromatic heterocycles. The molecule has 0 bridgehead atoms. The van der Waals surface area contributed by atoms with E-state index in [1.165, 1.54) is 11.8 Å². The van der Waals surface area contributed by atoms with Crippen molar-refractivity contribution in [3.05, 3.63) is 0 Å². The van der Waals surface area contributed by atoms with E-state index in [1.54, 1.807) is 13.8 Å². The van der Waals surface area contributed by atoms with E-state index < -0.39 is 54.5 Å². The highest BCUT2D eigenvalue weighted by atomic mass is 32.2. The van der Waals surface area contributed by atoms with Crippen molar-refractivity contribution in [3.8, 4) is 0 Å². The summed E-state index contributed by atoms with van der Waals surface area (Å²) in [5, 5.41) is 25.2. The number of rotatable bonds is 13. The third-order valence-corrected chi connectivity index (χ3v) is 4.89. The first-order chi connectivity index (χ1) is 13.1. The zero-order valence-electron chi connectivity index (χ0n) is 16.2. The van der Waals surface area contributed by atoms with Crippen LogP contribution >= 0.6 is 24.4 Å². The second kappa shape index (κ2) is 13.6. The maximum atomic E-state index is 12.5. The molecule has 12 heteroatoms. The van der Waals surface area contributed by atoms with Crippen LogP contribution in [0.1, 0.15) is 20.3 Å². The van der Waals surface area contributed by atoms with Crippen molar-refractivity contribution < 1.29 is 29.4 Å². The molecule has 0 radical (unpaired) electrons. The number of carboxylic acids is 1. The van der Waals surface area contributed by atoms with E-state index >= 15 is 0 Å². The molecular weight excluding hydrogens is 408 g/mol. The Bertz CT molecular complexity index is 549. The number of carboxylic acid groups (broad SMARTS) is 1. The molecule has 0 saturated heterocycles. The number of hydrogen-bond acceptors (Lipinski definition) is 8. The lowest BCUT2D eigenvalue weighted by Crippen LogP contribution is -2.58. The van der Waals surface area contributed by atoms with E-state index in [0.717, 1.165) is 0 Å². The Balaban J connectivity index is 5.12. The monoisotopic (exact) mass is 438 g/mol. The smallest absolute Gasteiger partial charge is 0.328 e. The highest BCUT2D eigenvalue weighted by molar-refractivity contribution is 7.98. The average Bonchev–Trinajstić information content (AvgIpc) is 2.65. The number of carbonyl (C=O) groups is 4. The zero-order valence-corrected chi connectivity index (χ0v) is 17.9. The Hall–Kier alpha value is -1.50. The minimum Gasteiger partial charge on any atom is -0.480 e. The predicted molar refractivity (Wildman–Crippen MR) is 110 cm³/mol. The molecule has 0 aromatic carbocycles. The third kappa shape index (κ3) is 9.13. The molecule has 0 aliphatic heterocycles. The van der Waals surface area contributed by atoms with Gasteiger partial charge in [-0.2, -0.15) is 24.4 Å². The van der Waals surface area contributed by atoms with Crippen LogP contribution in [0.5, 0.6) is 0 Å². The summed E-state index contributed by atoms with van der Waals surface area (Å²) in [5.41, 5.74) is 5.76. The lowest BCUT2D eigenvalue weighted by Gasteiger charge is -2.24. The number of aliphatic hydroxyl groups is 1. The molecule has 0 spiro atoms. The van der Waals surface area contributed by atoms with Gasteiger partial charge in [0.25, 0.3) is 0 Å². The number of carbonyl (C=O) groups excluding carboxylic acids is 3. The molecule has 28 heavy (non-hydrogen) atoms. The molecule has 0 heterocycles. The van der Waals surface area contributed by atoms with Gasteiger partial charge in [0.2, 0.25) is 17.7 Å². The Morgan fingerprint density at radius 2 is 1.50 bits per heavy atom. The van der Waals surface area contributed by atoms with Gasteiger partial charge in [0.15, 0.2) is 0 Å². The van der Waals surface area contributed by atoms with Gasteiger partial charge in [-0.15, -0.1) is 0 Å². The second-order valence-electron chi connectivity index (χ2n) is 6.44. The summed E-state index contributed by atoms with van der Waals surface area (Å²) in [4.78, 5) is 47.9. The molecule has 0 aliphatic rings. The molecule has 0 unspecified atom stereocenters. The van der Waals surface area contributed by atoms with E-state index in [4.69, 9.17) is 15.9 Å². The predicted octanol–water partition coefficient (Wildman–Crippen LogP) is -1.82. The number of aliphatic carboxylic acids is 1. The molecule has 7 N–H and O–H groups in total. The van der Waals surface area contributed by atoms with Crippen molar-refractivity contribution in [1.82, 2.24) is 16.0 Å². The summed E-state index contributed by atoms with van der Waals surface area (Å²) in [5.74, 6) is -2.92.